The average Bonchev–Trinajstić information content (AvgIpc) is 2.14. The molecule has 0 amide bonds. The van der Waals surface area contributed by atoms with E-state index in [2.05, 4.69) is 20.8 Å². The molecule has 1 aliphatic rings. The van der Waals surface area contributed by atoms with Gasteiger partial charge in [-0.25, -0.2) is 0 Å². The summed E-state index contributed by atoms with van der Waals surface area (Å²) in [5.74, 6) is 2.57. The first-order valence-corrected chi connectivity index (χ1v) is 6.67. The van der Waals surface area contributed by atoms with Crippen LogP contribution in [0.2, 0.25) is 0 Å². The van der Waals surface area contributed by atoms with Crippen molar-refractivity contribution in [3.05, 3.63) is 0 Å². The molecule has 0 aromatic carbocycles. The van der Waals surface area contributed by atoms with Gasteiger partial charge in [-0.2, -0.15) is 0 Å². The molecule has 0 N–H and O–H groups in total. The largest absolute Gasteiger partial charge is 0.123 e. The Bertz CT molecular complexity index is 153. The molecule has 0 spiro atoms. The Balaban J connectivity index is 2.17. The second-order valence-electron chi connectivity index (χ2n) is 5.48. The van der Waals surface area contributed by atoms with E-state index in [4.69, 9.17) is 11.6 Å². The molecular weight excluding hydrogens is 192 g/mol. The molecule has 1 aliphatic carbocycles. The molecule has 3 atom stereocenters. The van der Waals surface area contributed by atoms with Crippen molar-refractivity contribution in [2.24, 2.45) is 17.8 Å². The summed E-state index contributed by atoms with van der Waals surface area (Å²) in [7, 11) is 0. The van der Waals surface area contributed by atoms with Gasteiger partial charge < -0.3 is 0 Å². The summed E-state index contributed by atoms with van der Waals surface area (Å²) < 4.78 is 0. The van der Waals surface area contributed by atoms with Crippen LogP contribution >= 0.6 is 11.6 Å². The van der Waals surface area contributed by atoms with Crippen LogP contribution in [-0.4, -0.2) is 5.38 Å². The van der Waals surface area contributed by atoms with Crippen molar-refractivity contribution in [1.82, 2.24) is 0 Å². The van der Waals surface area contributed by atoms with Gasteiger partial charge in [0, 0.05) is 5.38 Å². The van der Waals surface area contributed by atoms with E-state index in [0.29, 0.717) is 11.3 Å². The number of halogens is 1. The van der Waals surface area contributed by atoms with Crippen LogP contribution in [-0.2, 0) is 0 Å². The molecule has 0 radical (unpaired) electrons. The predicted octanol–water partition coefficient (Wildman–Crippen LogP) is 4.86. The minimum absolute atomic E-state index is 0.396. The lowest BCUT2D eigenvalue weighted by atomic mass is 9.80. The quantitative estimate of drug-likeness (QED) is 0.589. The van der Waals surface area contributed by atoms with E-state index in [1.165, 1.54) is 38.5 Å². The molecule has 0 aromatic rings. The van der Waals surface area contributed by atoms with Crippen LogP contribution in [0.4, 0.5) is 0 Å². The first-order valence-electron chi connectivity index (χ1n) is 6.23. The van der Waals surface area contributed by atoms with Crippen molar-refractivity contribution in [1.29, 1.82) is 0 Å². The average molecular weight is 217 g/mol. The maximum Gasteiger partial charge on any atom is 0.0359 e. The monoisotopic (exact) mass is 216 g/mol. The molecule has 3 unspecified atom stereocenters. The van der Waals surface area contributed by atoms with Crippen molar-refractivity contribution in [2.75, 3.05) is 0 Å². The SMILES string of the molecule is CC1CCCC(CCC(Cl)C(C)C)C1. The van der Waals surface area contributed by atoms with Crippen LogP contribution in [0, 0.1) is 17.8 Å². The van der Waals surface area contributed by atoms with Crippen molar-refractivity contribution >= 4 is 11.6 Å². The van der Waals surface area contributed by atoms with Gasteiger partial charge >= 0.3 is 0 Å². The third kappa shape index (κ3) is 4.21. The maximum absolute atomic E-state index is 6.27. The third-order valence-electron chi connectivity index (χ3n) is 3.62. The maximum atomic E-state index is 6.27. The Morgan fingerprint density at radius 1 is 1.29 bits per heavy atom. The van der Waals surface area contributed by atoms with E-state index in [-0.39, 0.29) is 0 Å². The first-order chi connectivity index (χ1) is 6.59. The summed E-state index contributed by atoms with van der Waals surface area (Å²) in [5.41, 5.74) is 0. The third-order valence-corrected chi connectivity index (χ3v) is 4.34. The molecule has 0 aliphatic heterocycles. The van der Waals surface area contributed by atoms with Crippen LogP contribution in [0.15, 0.2) is 0 Å². The van der Waals surface area contributed by atoms with Crippen LogP contribution in [0.1, 0.15) is 59.3 Å². The van der Waals surface area contributed by atoms with Crippen LogP contribution < -0.4 is 0 Å². The zero-order chi connectivity index (χ0) is 10.6. The zero-order valence-electron chi connectivity index (χ0n) is 9.93. The topological polar surface area (TPSA) is 0 Å². The molecular formula is C13H25Cl. The molecule has 0 aromatic heterocycles. The molecule has 1 rings (SSSR count). The van der Waals surface area contributed by atoms with Gasteiger partial charge in [-0.05, 0) is 37.0 Å². The lowest BCUT2D eigenvalue weighted by molar-refractivity contribution is 0.262. The fourth-order valence-corrected chi connectivity index (χ4v) is 2.68. The van der Waals surface area contributed by atoms with E-state index < -0.39 is 0 Å². The van der Waals surface area contributed by atoms with E-state index in [1.54, 1.807) is 0 Å². The molecule has 0 heterocycles. The number of rotatable bonds is 4. The van der Waals surface area contributed by atoms with E-state index in [0.717, 1.165) is 11.8 Å². The second kappa shape index (κ2) is 6.00. The van der Waals surface area contributed by atoms with Crippen molar-refractivity contribution in [2.45, 2.75) is 64.7 Å². The molecule has 14 heavy (non-hydrogen) atoms. The number of hydrogen-bond acceptors (Lipinski definition) is 0. The normalized spacial score (nSPS) is 30.6. The highest BCUT2D eigenvalue weighted by Gasteiger charge is 2.20. The molecule has 0 nitrogen and oxygen atoms in total. The summed E-state index contributed by atoms with van der Waals surface area (Å²) in [4.78, 5) is 0. The highest BCUT2D eigenvalue weighted by Crippen LogP contribution is 2.32. The summed E-state index contributed by atoms with van der Waals surface area (Å²) in [6, 6.07) is 0. The van der Waals surface area contributed by atoms with Gasteiger partial charge in [0.1, 0.15) is 0 Å². The van der Waals surface area contributed by atoms with E-state index in [1.807, 2.05) is 0 Å². The molecule has 1 fully saturated rings. The van der Waals surface area contributed by atoms with Crippen LogP contribution in [0.5, 0.6) is 0 Å². The molecule has 84 valence electrons. The fourth-order valence-electron chi connectivity index (χ4n) is 2.55. The molecule has 0 bridgehead atoms. The Morgan fingerprint density at radius 2 is 2.00 bits per heavy atom. The first kappa shape index (κ1) is 12.4. The van der Waals surface area contributed by atoms with Gasteiger partial charge in [0.2, 0.25) is 0 Å². The van der Waals surface area contributed by atoms with Gasteiger partial charge in [0.25, 0.3) is 0 Å². The number of hydrogen-bond donors (Lipinski definition) is 0. The van der Waals surface area contributed by atoms with Crippen molar-refractivity contribution in [3.63, 3.8) is 0 Å². The standard InChI is InChI=1S/C13H25Cl/c1-10(2)13(14)8-7-12-6-4-5-11(3)9-12/h10-13H,4-9H2,1-3H3. The lowest BCUT2D eigenvalue weighted by Gasteiger charge is -2.27. The van der Waals surface area contributed by atoms with Gasteiger partial charge in [-0.1, -0.05) is 40.0 Å². The van der Waals surface area contributed by atoms with Gasteiger partial charge in [-0.3, -0.25) is 0 Å². The summed E-state index contributed by atoms with van der Waals surface area (Å²) >= 11 is 6.27. The summed E-state index contributed by atoms with van der Waals surface area (Å²) in [6.45, 7) is 6.84. The fraction of sp³-hybridized carbons (Fsp3) is 1.00. The molecule has 0 saturated heterocycles. The lowest BCUT2D eigenvalue weighted by Crippen LogP contribution is -2.16. The van der Waals surface area contributed by atoms with Crippen molar-refractivity contribution < 1.29 is 0 Å². The van der Waals surface area contributed by atoms with E-state index in [9.17, 15) is 0 Å². The van der Waals surface area contributed by atoms with Crippen molar-refractivity contribution in [3.8, 4) is 0 Å². The Kier molecular flexibility index (Phi) is 5.30. The minimum atomic E-state index is 0.396. The highest BCUT2D eigenvalue weighted by atomic mass is 35.5. The predicted molar refractivity (Wildman–Crippen MR) is 64.8 cm³/mol. The highest BCUT2D eigenvalue weighted by molar-refractivity contribution is 6.20. The summed E-state index contributed by atoms with van der Waals surface area (Å²) in [6.07, 6.45) is 8.37. The summed E-state index contributed by atoms with van der Waals surface area (Å²) in [5, 5.41) is 0.396. The second-order valence-corrected chi connectivity index (χ2v) is 6.04. The van der Waals surface area contributed by atoms with Gasteiger partial charge in [-0.15, -0.1) is 11.6 Å². The Morgan fingerprint density at radius 3 is 2.57 bits per heavy atom. The van der Waals surface area contributed by atoms with Gasteiger partial charge in [0.05, 0.1) is 0 Å². The smallest absolute Gasteiger partial charge is 0.0359 e. The Labute approximate surface area is 94.4 Å². The van der Waals surface area contributed by atoms with E-state index >= 15 is 0 Å². The molecule has 1 heteroatoms. The van der Waals surface area contributed by atoms with Crippen LogP contribution in [0.25, 0.3) is 0 Å². The minimum Gasteiger partial charge on any atom is -0.123 e. The number of alkyl halides is 1. The zero-order valence-corrected chi connectivity index (χ0v) is 10.7. The molecule has 1 saturated carbocycles. The van der Waals surface area contributed by atoms with Crippen LogP contribution in [0.3, 0.4) is 0 Å². The Hall–Kier alpha value is 0.290. The van der Waals surface area contributed by atoms with Gasteiger partial charge in [0.15, 0.2) is 0 Å².